The van der Waals surface area contributed by atoms with E-state index in [1.165, 1.54) is 5.56 Å². The van der Waals surface area contributed by atoms with Crippen LogP contribution in [0.15, 0.2) is 35.5 Å². The van der Waals surface area contributed by atoms with E-state index in [4.69, 9.17) is 14.7 Å². The van der Waals surface area contributed by atoms with E-state index in [9.17, 15) is 15.0 Å². The van der Waals surface area contributed by atoms with Crippen LogP contribution in [0.25, 0.3) is 11.2 Å². The first kappa shape index (κ1) is 26.8. The largest absolute Gasteiger partial charge is 0.390 e. The third-order valence-corrected chi connectivity index (χ3v) is 8.26. The second-order valence-electron chi connectivity index (χ2n) is 9.94. The van der Waals surface area contributed by atoms with Gasteiger partial charge in [0, 0.05) is 38.0 Å². The number of nitrogens with zero attached hydrogens (tertiary/aromatic N) is 5. The third-order valence-electron chi connectivity index (χ3n) is 7.21. The highest BCUT2D eigenvalue weighted by atomic mass is 32.2. The molecule has 2 aliphatic carbocycles. The molecule has 6 atom stereocenters. The molecule has 5 rings (SSSR count). The number of benzene rings is 1. The fourth-order valence-electron chi connectivity index (χ4n) is 5.06. The van der Waals surface area contributed by atoms with Crippen molar-refractivity contribution in [3.63, 3.8) is 0 Å². The predicted molar refractivity (Wildman–Crippen MR) is 144 cm³/mol. The fourth-order valence-corrected chi connectivity index (χ4v) is 5.75. The van der Waals surface area contributed by atoms with Crippen molar-refractivity contribution < 1.29 is 19.7 Å². The van der Waals surface area contributed by atoms with E-state index < -0.39 is 24.2 Å². The number of ether oxygens (including phenoxy) is 1. The molecular formula is C26H35N7O4S. The minimum atomic E-state index is -1.21. The summed E-state index contributed by atoms with van der Waals surface area (Å²) in [4.78, 5) is 22.2. The first-order valence-corrected chi connectivity index (χ1v) is 14.2. The van der Waals surface area contributed by atoms with Gasteiger partial charge in [-0.2, -0.15) is 0 Å². The van der Waals surface area contributed by atoms with E-state index in [0.29, 0.717) is 47.6 Å². The molecule has 204 valence electrons. The van der Waals surface area contributed by atoms with Gasteiger partial charge in [0.2, 0.25) is 5.91 Å². The van der Waals surface area contributed by atoms with Crippen LogP contribution in [0.3, 0.4) is 0 Å². The summed E-state index contributed by atoms with van der Waals surface area (Å²) >= 11 is 1.55. The molecule has 2 unspecified atom stereocenters. The Hall–Kier alpha value is -2.80. The van der Waals surface area contributed by atoms with Crippen LogP contribution in [0.5, 0.6) is 0 Å². The van der Waals surface area contributed by atoms with Crippen LogP contribution in [-0.4, -0.2) is 85.3 Å². The van der Waals surface area contributed by atoms with E-state index in [2.05, 4.69) is 40.0 Å². The molecule has 11 nitrogen and oxygen atoms in total. The van der Waals surface area contributed by atoms with Gasteiger partial charge in [-0.1, -0.05) is 54.2 Å². The lowest BCUT2D eigenvalue weighted by Gasteiger charge is -2.17. The predicted octanol–water partition coefficient (Wildman–Crippen LogP) is 2.13. The van der Waals surface area contributed by atoms with E-state index in [1.807, 2.05) is 18.2 Å². The second-order valence-corrected chi connectivity index (χ2v) is 11.0. The highest BCUT2D eigenvalue weighted by molar-refractivity contribution is 7.99. The molecule has 2 heterocycles. The van der Waals surface area contributed by atoms with Gasteiger partial charge in [-0.25, -0.2) is 14.6 Å². The number of hydrogen-bond donors (Lipinski definition) is 4. The maximum absolute atomic E-state index is 12.7. The first-order chi connectivity index (χ1) is 18.5. The Morgan fingerprint density at radius 1 is 1.18 bits per heavy atom. The van der Waals surface area contributed by atoms with Crippen LogP contribution < -0.4 is 10.6 Å². The number of methoxy groups -OCH3 is 1. The summed E-state index contributed by atoms with van der Waals surface area (Å²) < 4.78 is 6.56. The topological polar surface area (TPSA) is 147 Å². The van der Waals surface area contributed by atoms with Gasteiger partial charge >= 0.3 is 0 Å². The maximum atomic E-state index is 12.7. The number of anilines is 1. The lowest BCUT2D eigenvalue weighted by atomic mass is 10.0. The molecule has 2 aliphatic rings. The van der Waals surface area contributed by atoms with Gasteiger partial charge in [0.15, 0.2) is 22.1 Å². The fraction of sp³-hybridized carbons (Fsp3) is 0.577. The number of fused-ring (bicyclic) bond motifs is 1. The molecule has 1 amide bonds. The van der Waals surface area contributed by atoms with Crippen molar-refractivity contribution in [3.8, 4) is 0 Å². The Kier molecular flexibility index (Phi) is 8.42. The van der Waals surface area contributed by atoms with Crippen molar-refractivity contribution in [1.82, 2.24) is 30.3 Å². The van der Waals surface area contributed by atoms with Crippen molar-refractivity contribution in [2.45, 2.75) is 68.0 Å². The number of hydrogen-bond acceptors (Lipinski definition) is 10. The normalized spacial score (nSPS) is 26.5. The Labute approximate surface area is 225 Å². The zero-order valence-electron chi connectivity index (χ0n) is 21.7. The molecule has 2 aromatic heterocycles. The minimum absolute atomic E-state index is 0.222. The van der Waals surface area contributed by atoms with Crippen molar-refractivity contribution in [2.24, 2.45) is 5.92 Å². The maximum Gasteiger partial charge on any atom is 0.225 e. The summed E-state index contributed by atoms with van der Waals surface area (Å²) in [5.74, 6) is 0.819. The summed E-state index contributed by atoms with van der Waals surface area (Å²) in [6, 6.07) is 9.97. The summed E-state index contributed by atoms with van der Waals surface area (Å²) in [6.07, 6.45) is 0.462. The summed E-state index contributed by atoms with van der Waals surface area (Å²) in [5.41, 5.74) is 2.28. The number of thioether (sulfide) groups is 1. The SMILES string of the molecule is CCCSc1nc(NC2CC2c2ccccc2)c2nnn([C@H]3C[C@@H](C(=O)NCCCOC)[C@H](O)[C@@H]3O)c2n1. The first-order valence-electron chi connectivity index (χ1n) is 13.2. The van der Waals surface area contributed by atoms with E-state index in [0.717, 1.165) is 18.6 Å². The molecule has 0 spiro atoms. The quantitative estimate of drug-likeness (QED) is 0.153. The number of nitrogens with one attached hydrogen (secondary N) is 2. The van der Waals surface area contributed by atoms with Crippen LogP contribution in [0, 0.1) is 5.92 Å². The highest BCUT2D eigenvalue weighted by Gasteiger charge is 2.47. The molecule has 2 saturated carbocycles. The van der Waals surface area contributed by atoms with Crippen LogP contribution in [0.1, 0.15) is 50.1 Å². The minimum Gasteiger partial charge on any atom is -0.390 e. The summed E-state index contributed by atoms with van der Waals surface area (Å²) in [6.45, 7) is 3.07. The lowest BCUT2D eigenvalue weighted by Crippen LogP contribution is -2.38. The van der Waals surface area contributed by atoms with Crippen LogP contribution >= 0.6 is 11.8 Å². The Balaban J connectivity index is 1.38. The van der Waals surface area contributed by atoms with Crippen molar-refractivity contribution >= 4 is 34.7 Å². The zero-order chi connectivity index (χ0) is 26.6. The molecule has 0 aliphatic heterocycles. The number of aliphatic hydroxyl groups is 2. The molecular weight excluding hydrogens is 506 g/mol. The van der Waals surface area contributed by atoms with E-state index in [-0.39, 0.29) is 18.4 Å². The van der Waals surface area contributed by atoms with Gasteiger partial charge < -0.3 is 25.6 Å². The second kappa shape index (κ2) is 11.9. The average Bonchev–Trinajstić information content (AvgIpc) is 3.47. The van der Waals surface area contributed by atoms with Gasteiger partial charge in [-0.15, -0.1) is 5.10 Å². The number of carbonyl (C=O) groups excluding carboxylic acids is 1. The van der Waals surface area contributed by atoms with Crippen LogP contribution in [-0.2, 0) is 9.53 Å². The monoisotopic (exact) mass is 541 g/mol. The van der Waals surface area contributed by atoms with Gasteiger partial charge in [0.1, 0.15) is 6.10 Å². The number of aliphatic hydroxyl groups excluding tert-OH is 2. The van der Waals surface area contributed by atoms with Crippen molar-refractivity contribution in [1.29, 1.82) is 0 Å². The van der Waals surface area contributed by atoms with E-state index in [1.54, 1.807) is 23.6 Å². The molecule has 0 radical (unpaired) electrons. The van der Waals surface area contributed by atoms with Crippen molar-refractivity contribution in [3.05, 3.63) is 35.9 Å². The number of rotatable bonds is 12. The Bertz CT molecular complexity index is 1240. The molecule has 1 aromatic carbocycles. The van der Waals surface area contributed by atoms with Gasteiger partial charge in [0.25, 0.3) is 0 Å². The smallest absolute Gasteiger partial charge is 0.225 e. The molecule has 4 N–H and O–H groups in total. The lowest BCUT2D eigenvalue weighted by molar-refractivity contribution is -0.128. The molecule has 38 heavy (non-hydrogen) atoms. The number of carbonyl (C=O) groups is 1. The molecule has 12 heteroatoms. The van der Waals surface area contributed by atoms with Gasteiger partial charge in [0.05, 0.1) is 18.1 Å². The summed E-state index contributed by atoms with van der Waals surface area (Å²) in [5, 5.41) is 37.3. The Morgan fingerprint density at radius 3 is 2.76 bits per heavy atom. The van der Waals surface area contributed by atoms with E-state index >= 15 is 0 Å². The van der Waals surface area contributed by atoms with Gasteiger partial charge in [-0.05, 0) is 31.2 Å². The van der Waals surface area contributed by atoms with Gasteiger partial charge in [-0.3, -0.25) is 4.79 Å². The average molecular weight is 542 g/mol. The molecule has 3 aromatic rings. The molecule has 0 saturated heterocycles. The zero-order valence-corrected chi connectivity index (χ0v) is 22.5. The highest BCUT2D eigenvalue weighted by Crippen LogP contribution is 2.43. The van der Waals surface area contributed by atoms with Crippen molar-refractivity contribution in [2.75, 3.05) is 31.3 Å². The molecule has 2 fully saturated rings. The van der Waals surface area contributed by atoms with Crippen LogP contribution in [0.2, 0.25) is 0 Å². The third kappa shape index (κ3) is 5.63. The number of aromatic nitrogens is 5. The van der Waals surface area contributed by atoms with Crippen LogP contribution in [0.4, 0.5) is 5.82 Å². The summed E-state index contributed by atoms with van der Waals surface area (Å²) in [7, 11) is 1.61. The molecule has 0 bridgehead atoms. The number of amides is 1. The Morgan fingerprint density at radius 2 is 2.00 bits per heavy atom. The standard InChI is InChI=1S/C26H35N7O4S/c1-3-12-38-26-29-23(28-18-13-16(18)15-8-5-4-6-9-15)20-24(30-26)33(32-31-20)19-14-17(21(34)22(19)35)25(36)27-10-7-11-37-2/h4-6,8-9,16-19,21-22,34-35H,3,7,10-14H2,1-2H3,(H,27,36)(H,28,29,30)/t16?,17-,18?,19+,21+,22-/m1/s1.